The lowest BCUT2D eigenvalue weighted by atomic mass is 10.1. The van der Waals surface area contributed by atoms with E-state index in [9.17, 15) is 4.79 Å². The minimum Gasteiger partial charge on any atom is -0.461 e. The molecule has 0 saturated heterocycles. The van der Waals surface area contributed by atoms with Gasteiger partial charge in [0.25, 0.3) is 0 Å². The molecule has 0 bridgehead atoms. The van der Waals surface area contributed by atoms with Gasteiger partial charge in [-0.2, -0.15) is 0 Å². The summed E-state index contributed by atoms with van der Waals surface area (Å²) >= 11 is 0. The molecule has 0 spiro atoms. The molecular weight excluding hydrogens is 324 g/mol. The molecular formula is C17H32N2O4Si. The Morgan fingerprint density at radius 1 is 1.29 bits per heavy atom. The molecule has 6 nitrogen and oxygen atoms in total. The van der Waals surface area contributed by atoms with E-state index in [0.717, 1.165) is 12.7 Å². The van der Waals surface area contributed by atoms with Crippen LogP contribution in [-0.4, -0.2) is 49.0 Å². The average Bonchev–Trinajstić information content (AvgIpc) is 2.91. The summed E-state index contributed by atoms with van der Waals surface area (Å²) < 4.78 is 18.2. The molecule has 0 amide bonds. The molecule has 138 valence electrons. The highest BCUT2D eigenvalue weighted by Gasteiger charge is 2.19. The smallest absolute Gasteiger partial charge is 0.358 e. The van der Waals surface area contributed by atoms with Crippen LogP contribution in [0.4, 0.5) is 0 Å². The molecule has 1 rings (SSSR count). The van der Waals surface area contributed by atoms with Crippen molar-refractivity contribution in [2.75, 3.05) is 19.8 Å². The van der Waals surface area contributed by atoms with Gasteiger partial charge < -0.3 is 18.8 Å². The Kier molecular flexibility index (Phi) is 8.12. The zero-order valence-electron chi connectivity index (χ0n) is 15.9. The van der Waals surface area contributed by atoms with Gasteiger partial charge in [-0.05, 0) is 26.8 Å². The quantitative estimate of drug-likeness (QED) is 0.345. The third kappa shape index (κ3) is 8.61. The molecule has 1 aromatic rings. The van der Waals surface area contributed by atoms with Crippen molar-refractivity contribution in [2.24, 2.45) is 0 Å². The van der Waals surface area contributed by atoms with E-state index in [2.05, 4.69) is 24.6 Å². The van der Waals surface area contributed by atoms with Crippen molar-refractivity contribution in [1.82, 2.24) is 9.55 Å². The minimum atomic E-state index is -1.08. The highest BCUT2D eigenvalue weighted by Crippen LogP contribution is 2.14. The molecule has 1 heterocycles. The number of nitrogens with zero attached hydrogens (tertiary/aromatic N) is 2. The first-order valence-corrected chi connectivity index (χ1v) is 12.2. The maximum Gasteiger partial charge on any atom is 0.358 e. The second-order valence-electron chi connectivity index (χ2n) is 7.70. The van der Waals surface area contributed by atoms with E-state index in [4.69, 9.17) is 14.2 Å². The molecule has 0 aromatic carbocycles. The van der Waals surface area contributed by atoms with Gasteiger partial charge in [0, 0.05) is 33.9 Å². The molecule has 0 aliphatic rings. The molecule has 0 aliphatic heterocycles. The minimum absolute atomic E-state index is 0.293. The zero-order chi connectivity index (χ0) is 18.2. The van der Waals surface area contributed by atoms with Crippen LogP contribution in [0.1, 0.15) is 37.7 Å². The summed E-state index contributed by atoms with van der Waals surface area (Å²) in [7, 11) is -1.08. The van der Waals surface area contributed by atoms with E-state index in [1.807, 2.05) is 20.8 Å². The molecule has 0 aliphatic carbocycles. The molecule has 0 radical (unpaired) electrons. The van der Waals surface area contributed by atoms with Gasteiger partial charge in [0.1, 0.15) is 6.73 Å². The Morgan fingerprint density at radius 3 is 2.62 bits per heavy atom. The number of hydrogen-bond donors (Lipinski definition) is 0. The molecule has 0 N–H and O–H groups in total. The van der Waals surface area contributed by atoms with E-state index in [1.54, 1.807) is 17.1 Å². The fraction of sp³-hybridized carbons (Fsp3) is 0.765. The SMILES string of the molecule is CCOC(C)(C)CCOC(=O)c1cn(COCC[Si](C)(C)C)cn1. The number of rotatable bonds is 11. The van der Waals surface area contributed by atoms with Gasteiger partial charge in [0.05, 0.1) is 18.5 Å². The number of hydrogen-bond acceptors (Lipinski definition) is 5. The van der Waals surface area contributed by atoms with Gasteiger partial charge in [0.2, 0.25) is 0 Å². The Bertz CT molecular complexity index is 509. The van der Waals surface area contributed by atoms with E-state index in [0.29, 0.717) is 32.1 Å². The lowest BCUT2D eigenvalue weighted by molar-refractivity contribution is -0.0301. The summed E-state index contributed by atoms with van der Waals surface area (Å²) in [4.78, 5) is 16.1. The number of ether oxygens (including phenoxy) is 3. The van der Waals surface area contributed by atoms with Gasteiger partial charge in [0.15, 0.2) is 5.69 Å². The van der Waals surface area contributed by atoms with Gasteiger partial charge >= 0.3 is 5.97 Å². The van der Waals surface area contributed by atoms with E-state index in [1.165, 1.54) is 0 Å². The van der Waals surface area contributed by atoms with Gasteiger partial charge in [-0.15, -0.1) is 0 Å². The molecule has 0 saturated carbocycles. The first-order chi connectivity index (χ1) is 11.1. The third-order valence-electron chi connectivity index (χ3n) is 3.55. The molecule has 1 aromatic heterocycles. The Labute approximate surface area is 146 Å². The van der Waals surface area contributed by atoms with E-state index >= 15 is 0 Å². The van der Waals surface area contributed by atoms with Crippen molar-refractivity contribution in [2.45, 2.75) is 65.2 Å². The first kappa shape index (κ1) is 20.9. The van der Waals surface area contributed by atoms with Gasteiger partial charge in [-0.3, -0.25) is 0 Å². The maximum atomic E-state index is 12.0. The monoisotopic (exact) mass is 356 g/mol. The van der Waals surface area contributed by atoms with Crippen molar-refractivity contribution in [3.8, 4) is 0 Å². The van der Waals surface area contributed by atoms with Crippen LogP contribution < -0.4 is 0 Å². The third-order valence-corrected chi connectivity index (χ3v) is 5.26. The summed E-state index contributed by atoms with van der Waals surface area (Å²) in [6.07, 6.45) is 3.90. The number of carbonyl (C=O) groups is 1. The molecule has 0 atom stereocenters. The van der Waals surface area contributed by atoms with Crippen LogP contribution in [0.15, 0.2) is 12.5 Å². The summed E-state index contributed by atoms with van der Waals surface area (Å²) in [5, 5.41) is 0. The van der Waals surface area contributed by atoms with Crippen molar-refractivity contribution < 1.29 is 19.0 Å². The van der Waals surface area contributed by atoms with Gasteiger partial charge in [-0.1, -0.05) is 19.6 Å². The Hall–Kier alpha value is -1.18. The lowest BCUT2D eigenvalue weighted by Crippen LogP contribution is -2.27. The zero-order valence-corrected chi connectivity index (χ0v) is 16.9. The molecule has 0 fully saturated rings. The normalized spacial score (nSPS) is 12.4. The van der Waals surface area contributed by atoms with Crippen LogP contribution in [0, 0.1) is 0 Å². The predicted molar refractivity (Wildman–Crippen MR) is 96.9 cm³/mol. The summed E-state index contributed by atoms with van der Waals surface area (Å²) in [5.41, 5.74) is 0.0107. The van der Waals surface area contributed by atoms with E-state index in [-0.39, 0.29) is 5.60 Å². The Morgan fingerprint density at radius 2 is 2.00 bits per heavy atom. The number of carbonyl (C=O) groups excluding carboxylic acids is 1. The van der Waals surface area contributed by atoms with Gasteiger partial charge in [-0.25, -0.2) is 9.78 Å². The standard InChI is InChI=1S/C17H32N2O4Si/c1-7-23-17(2,3)8-9-22-16(20)15-12-19(13-18-15)14-21-10-11-24(4,5)6/h12-13H,7-11,14H2,1-6H3. The largest absolute Gasteiger partial charge is 0.461 e. The van der Waals surface area contributed by atoms with Crippen LogP contribution in [0.3, 0.4) is 0 Å². The van der Waals surface area contributed by atoms with Crippen molar-refractivity contribution in [1.29, 1.82) is 0 Å². The average molecular weight is 357 g/mol. The second-order valence-corrected chi connectivity index (χ2v) is 13.3. The highest BCUT2D eigenvalue weighted by atomic mass is 28.3. The number of aromatic nitrogens is 2. The fourth-order valence-electron chi connectivity index (χ4n) is 2.01. The highest BCUT2D eigenvalue weighted by molar-refractivity contribution is 6.76. The predicted octanol–water partition coefficient (Wildman–Crippen LogP) is 3.56. The van der Waals surface area contributed by atoms with Crippen molar-refractivity contribution in [3.63, 3.8) is 0 Å². The summed E-state index contributed by atoms with van der Waals surface area (Å²) in [6.45, 7) is 15.0. The van der Waals surface area contributed by atoms with Crippen LogP contribution >= 0.6 is 0 Å². The lowest BCUT2D eigenvalue weighted by Gasteiger charge is -2.24. The maximum absolute atomic E-state index is 12.0. The van der Waals surface area contributed by atoms with Crippen molar-refractivity contribution >= 4 is 14.0 Å². The topological polar surface area (TPSA) is 62.6 Å². The van der Waals surface area contributed by atoms with E-state index < -0.39 is 14.0 Å². The number of esters is 1. The summed E-state index contributed by atoms with van der Waals surface area (Å²) in [6, 6.07) is 1.12. The van der Waals surface area contributed by atoms with Crippen LogP contribution in [0.25, 0.3) is 0 Å². The van der Waals surface area contributed by atoms with Crippen LogP contribution in [0.5, 0.6) is 0 Å². The molecule has 24 heavy (non-hydrogen) atoms. The fourth-order valence-corrected chi connectivity index (χ4v) is 2.77. The second kappa shape index (κ2) is 9.34. The molecule has 0 unspecified atom stereocenters. The van der Waals surface area contributed by atoms with Crippen LogP contribution in [0.2, 0.25) is 25.7 Å². The molecule has 7 heteroatoms. The van der Waals surface area contributed by atoms with Crippen LogP contribution in [-0.2, 0) is 20.9 Å². The first-order valence-electron chi connectivity index (χ1n) is 8.53. The Balaban J connectivity index is 2.33. The summed E-state index contributed by atoms with van der Waals surface area (Å²) in [5.74, 6) is -0.414. The van der Waals surface area contributed by atoms with Crippen molar-refractivity contribution in [3.05, 3.63) is 18.2 Å². The number of imidazole rings is 1.